The Morgan fingerprint density at radius 3 is 3.06 bits per heavy atom. The zero-order valence-electron chi connectivity index (χ0n) is 10.2. The third-order valence-electron chi connectivity index (χ3n) is 2.96. The molecule has 18 heavy (non-hydrogen) atoms. The highest BCUT2D eigenvalue weighted by atomic mass is 32.1. The number of furan rings is 1. The average molecular weight is 258 g/mol. The second kappa shape index (κ2) is 4.82. The predicted molar refractivity (Wildman–Crippen MR) is 72.7 cm³/mol. The topological polar surface area (TPSA) is 31.0 Å². The maximum Gasteiger partial charge on any atom is 0.150 e. The molecule has 0 amide bonds. The van der Waals surface area contributed by atoms with Crippen LogP contribution in [0.1, 0.15) is 11.3 Å². The van der Waals surface area contributed by atoms with Crippen LogP contribution in [-0.2, 0) is 13.0 Å². The van der Waals surface area contributed by atoms with Crippen LogP contribution < -0.4 is 0 Å². The van der Waals surface area contributed by atoms with Crippen molar-refractivity contribution in [3.63, 3.8) is 0 Å². The van der Waals surface area contributed by atoms with Crippen LogP contribution in [0.3, 0.4) is 0 Å². The standard InChI is InChI=1S/C14H14N2OS/c1-11-5-10-18-13(11)14-15-6-8-16(14)7-4-12-3-2-9-17-12/h2-3,5-6,8-10H,4,7H2,1H3. The molecule has 0 aliphatic rings. The van der Waals surface area contributed by atoms with Gasteiger partial charge in [0.1, 0.15) is 11.6 Å². The van der Waals surface area contributed by atoms with Crippen LogP contribution >= 0.6 is 11.3 Å². The van der Waals surface area contributed by atoms with Gasteiger partial charge >= 0.3 is 0 Å². The fraction of sp³-hybridized carbons (Fsp3) is 0.214. The highest BCUT2D eigenvalue weighted by Crippen LogP contribution is 2.27. The van der Waals surface area contributed by atoms with E-state index in [2.05, 4.69) is 27.9 Å². The van der Waals surface area contributed by atoms with Crippen LogP contribution in [-0.4, -0.2) is 9.55 Å². The van der Waals surface area contributed by atoms with E-state index in [1.54, 1.807) is 17.6 Å². The molecule has 0 saturated carbocycles. The van der Waals surface area contributed by atoms with E-state index in [1.165, 1.54) is 10.4 Å². The van der Waals surface area contributed by atoms with Gasteiger partial charge in [-0.15, -0.1) is 11.3 Å². The molecule has 0 atom stereocenters. The summed E-state index contributed by atoms with van der Waals surface area (Å²) in [5.74, 6) is 2.06. The van der Waals surface area contributed by atoms with E-state index in [0.717, 1.165) is 24.6 Å². The Kier molecular flexibility index (Phi) is 3.02. The average Bonchev–Trinajstić information content (AvgIpc) is 3.06. The van der Waals surface area contributed by atoms with Crippen molar-refractivity contribution in [2.24, 2.45) is 0 Å². The van der Waals surface area contributed by atoms with Crippen molar-refractivity contribution in [3.05, 3.63) is 53.6 Å². The van der Waals surface area contributed by atoms with Crippen molar-refractivity contribution in [2.75, 3.05) is 0 Å². The molecule has 0 bridgehead atoms. The van der Waals surface area contributed by atoms with Gasteiger partial charge in [0, 0.05) is 25.4 Å². The molecule has 0 saturated heterocycles. The molecule has 3 aromatic rings. The van der Waals surface area contributed by atoms with Gasteiger partial charge in [0.25, 0.3) is 0 Å². The third kappa shape index (κ3) is 2.11. The largest absolute Gasteiger partial charge is 0.469 e. The molecule has 3 heterocycles. The van der Waals surface area contributed by atoms with E-state index < -0.39 is 0 Å². The van der Waals surface area contributed by atoms with Gasteiger partial charge < -0.3 is 8.98 Å². The van der Waals surface area contributed by atoms with Gasteiger partial charge in [0.05, 0.1) is 11.1 Å². The van der Waals surface area contributed by atoms with Crippen LogP contribution in [0.4, 0.5) is 0 Å². The van der Waals surface area contributed by atoms with Gasteiger partial charge in [0.2, 0.25) is 0 Å². The van der Waals surface area contributed by atoms with Crippen LogP contribution in [0.2, 0.25) is 0 Å². The van der Waals surface area contributed by atoms with Gasteiger partial charge in [-0.3, -0.25) is 0 Å². The number of hydrogen-bond donors (Lipinski definition) is 0. The molecule has 3 nitrogen and oxygen atoms in total. The van der Waals surface area contributed by atoms with Gasteiger partial charge in [-0.25, -0.2) is 4.98 Å². The van der Waals surface area contributed by atoms with E-state index in [0.29, 0.717) is 0 Å². The van der Waals surface area contributed by atoms with E-state index in [9.17, 15) is 0 Å². The first-order valence-corrected chi connectivity index (χ1v) is 6.80. The first kappa shape index (κ1) is 11.3. The van der Waals surface area contributed by atoms with Crippen LogP contribution in [0.25, 0.3) is 10.7 Å². The Morgan fingerprint density at radius 1 is 1.39 bits per heavy atom. The highest BCUT2D eigenvalue weighted by molar-refractivity contribution is 7.13. The van der Waals surface area contributed by atoms with Crippen LogP contribution in [0, 0.1) is 6.92 Å². The van der Waals surface area contributed by atoms with Crippen molar-refractivity contribution >= 4 is 11.3 Å². The molecule has 0 aromatic carbocycles. The van der Waals surface area contributed by atoms with Crippen LogP contribution in [0.5, 0.6) is 0 Å². The lowest BCUT2D eigenvalue weighted by molar-refractivity contribution is 0.492. The Balaban J connectivity index is 1.82. The molecule has 0 radical (unpaired) electrons. The molecule has 92 valence electrons. The van der Waals surface area contributed by atoms with Crippen molar-refractivity contribution in [1.29, 1.82) is 0 Å². The molecule has 4 heteroatoms. The Hall–Kier alpha value is -1.81. The van der Waals surface area contributed by atoms with Crippen molar-refractivity contribution in [1.82, 2.24) is 9.55 Å². The Bertz CT molecular complexity index is 622. The molecule has 3 rings (SSSR count). The minimum atomic E-state index is 0.889. The van der Waals surface area contributed by atoms with Gasteiger partial charge in [0.15, 0.2) is 0 Å². The monoisotopic (exact) mass is 258 g/mol. The smallest absolute Gasteiger partial charge is 0.150 e. The molecule has 0 N–H and O–H groups in total. The number of thiophene rings is 1. The number of imidazole rings is 1. The van der Waals surface area contributed by atoms with Crippen LogP contribution in [0.15, 0.2) is 46.7 Å². The van der Waals surface area contributed by atoms with E-state index >= 15 is 0 Å². The number of aryl methyl sites for hydroxylation is 3. The van der Waals surface area contributed by atoms with E-state index in [4.69, 9.17) is 4.42 Å². The second-order valence-corrected chi connectivity index (χ2v) is 5.12. The molecular weight excluding hydrogens is 244 g/mol. The molecule has 0 unspecified atom stereocenters. The van der Waals surface area contributed by atoms with Crippen molar-refractivity contribution < 1.29 is 4.42 Å². The summed E-state index contributed by atoms with van der Waals surface area (Å²) in [6.07, 6.45) is 6.49. The Morgan fingerprint density at radius 2 is 2.33 bits per heavy atom. The Labute approximate surface area is 110 Å². The normalized spacial score (nSPS) is 10.9. The SMILES string of the molecule is Cc1ccsc1-c1nccn1CCc1ccco1. The summed E-state index contributed by atoms with van der Waals surface area (Å²) in [6.45, 7) is 3.01. The maximum atomic E-state index is 5.35. The maximum absolute atomic E-state index is 5.35. The van der Waals surface area contributed by atoms with Gasteiger partial charge in [-0.2, -0.15) is 0 Å². The van der Waals surface area contributed by atoms with Gasteiger partial charge in [-0.05, 0) is 36.1 Å². The zero-order valence-corrected chi connectivity index (χ0v) is 11.0. The first-order valence-electron chi connectivity index (χ1n) is 5.92. The summed E-state index contributed by atoms with van der Waals surface area (Å²) in [7, 11) is 0. The quantitative estimate of drug-likeness (QED) is 0.713. The summed E-state index contributed by atoms with van der Waals surface area (Å²) in [4.78, 5) is 5.71. The van der Waals surface area contributed by atoms with E-state index in [-0.39, 0.29) is 0 Å². The summed E-state index contributed by atoms with van der Waals surface area (Å²) < 4.78 is 7.54. The number of aromatic nitrogens is 2. The summed E-state index contributed by atoms with van der Waals surface area (Å²) in [6, 6.07) is 6.06. The lowest BCUT2D eigenvalue weighted by Crippen LogP contribution is -2.01. The van der Waals surface area contributed by atoms with Crippen molar-refractivity contribution in [2.45, 2.75) is 19.9 Å². The number of rotatable bonds is 4. The predicted octanol–water partition coefficient (Wildman–Crippen LogP) is 3.76. The van der Waals surface area contributed by atoms with Gasteiger partial charge in [-0.1, -0.05) is 0 Å². The molecular formula is C14H14N2OS. The number of nitrogens with zero attached hydrogens (tertiary/aromatic N) is 2. The molecule has 0 fully saturated rings. The molecule has 3 aromatic heterocycles. The molecule has 0 aliphatic heterocycles. The zero-order chi connectivity index (χ0) is 12.4. The third-order valence-corrected chi connectivity index (χ3v) is 3.97. The lowest BCUT2D eigenvalue weighted by atomic mass is 10.2. The summed E-state index contributed by atoms with van der Waals surface area (Å²) in [5.41, 5.74) is 1.28. The molecule has 0 spiro atoms. The fourth-order valence-corrected chi connectivity index (χ4v) is 2.92. The van der Waals surface area contributed by atoms with Crippen molar-refractivity contribution in [3.8, 4) is 10.7 Å². The summed E-state index contributed by atoms with van der Waals surface area (Å²) >= 11 is 1.74. The minimum absolute atomic E-state index is 0.889. The molecule has 0 aliphatic carbocycles. The highest BCUT2D eigenvalue weighted by Gasteiger charge is 2.10. The summed E-state index contributed by atoms with van der Waals surface area (Å²) in [5, 5.41) is 2.11. The minimum Gasteiger partial charge on any atom is -0.469 e. The lowest BCUT2D eigenvalue weighted by Gasteiger charge is -2.06. The first-order chi connectivity index (χ1) is 8.84. The number of hydrogen-bond acceptors (Lipinski definition) is 3. The second-order valence-electron chi connectivity index (χ2n) is 4.21. The van der Waals surface area contributed by atoms with E-state index in [1.807, 2.05) is 24.5 Å². The fourth-order valence-electron chi connectivity index (χ4n) is 1.99.